The highest BCUT2D eigenvalue weighted by atomic mass is 32.2. The van der Waals surface area contributed by atoms with Crippen molar-refractivity contribution >= 4 is 26.8 Å². The Balaban J connectivity index is 1.56. The second-order valence-corrected chi connectivity index (χ2v) is 12.8. The molecule has 1 atom stereocenters. The quantitative estimate of drug-likeness (QED) is 0.547. The van der Waals surface area contributed by atoms with E-state index in [9.17, 15) is 8.42 Å². The molecule has 1 aromatic heterocycles. The van der Waals surface area contributed by atoms with Gasteiger partial charge in [0.15, 0.2) is 5.75 Å². The smallest absolute Gasteiger partial charge is 0.243 e. The molecule has 38 heavy (non-hydrogen) atoms. The van der Waals surface area contributed by atoms with Crippen molar-refractivity contribution in [2.75, 3.05) is 27.2 Å². The van der Waals surface area contributed by atoms with Crippen LogP contribution in [0.15, 0.2) is 76.0 Å². The van der Waals surface area contributed by atoms with E-state index in [1.54, 1.807) is 38.5 Å². The van der Waals surface area contributed by atoms with Crippen molar-refractivity contribution in [2.45, 2.75) is 48.6 Å². The number of aliphatic imine (C=N–C) groups is 1. The Hall–Kier alpha value is -3.43. The number of nitrogens with one attached hydrogen (secondary N) is 1. The van der Waals surface area contributed by atoms with Crippen LogP contribution >= 0.6 is 0 Å². The summed E-state index contributed by atoms with van der Waals surface area (Å²) in [5, 5.41) is 4.21. The summed E-state index contributed by atoms with van der Waals surface area (Å²) in [4.78, 5) is 12.7. The summed E-state index contributed by atoms with van der Waals surface area (Å²) in [6.07, 6.45) is 7.21. The molecule has 4 aliphatic rings. The van der Waals surface area contributed by atoms with Crippen LogP contribution < -0.4 is 10.1 Å². The highest BCUT2D eigenvalue weighted by Gasteiger charge is 2.50. The molecule has 0 amide bonds. The van der Waals surface area contributed by atoms with Crippen LogP contribution in [0.4, 0.5) is 0 Å². The summed E-state index contributed by atoms with van der Waals surface area (Å²) in [6.45, 7) is 1.74. The number of sulfonamides is 1. The lowest BCUT2D eigenvalue weighted by molar-refractivity contribution is 0.0992. The van der Waals surface area contributed by atoms with Crippen LogP contribution in [0.1, 0.15) is 49.1 Å². The maximum absolute atomic E-state index is 13.5. The van der Waals surface area contributed by atoms with Gasteiger partial charge in [-0.2, -0.15) is 0 Å². The lowest BCUT2D eigenvalue weighted by Crippen LogP contribution is -2.52. The van der Waals surface area contributed by atoms with Crippen molar-refractivity contribution in [3.05, 3.63) is 77.2 Å². The number of aromatic nitrogens is 1. The molecule has 7 rings (SSSR count). The molecule has 1 saturated carbocycles. The minimum absolute atomic E-state index is 0.232. The summed E-state index contributed by atoms with van der Waals surface area (Å²) >= 11 is 0. The fraction of sp³-hybridized carbons (Fsp3) is 0.379. The zero-order valence-electron chi connectivity index (χ0n) is 21.6. The Labute approximate surface area is 223 Å². The molecular weight excluding hydrogens is 498 g/mol. The minimum atomic E-state index is -3.75. The molecule has 3 aliphatic heterocycles. The normalized spacial score (nSPS) is 22.0. The van der Waals surface area contributed by atoms with E-state index in [1.807, 2.05) is 18.2 Å². The van der Waals surface area contributed by atoms with Crippen LogP contribution in [0, 0.1) is 0 Å². The van der Waals surface area contributed by atoms with Gasteiger partial charge in [-0.15, -0.1) is 0 Å². The van der Waals surface area contributed by atoms with Gasteiger partial charge in [-0.1, -0.05) is 36.8 Å². The van der Waals surface area contributed by atoms with Crippen molar-refractivity contribution < 1.29 is 13.2 Å². The first-order chi connectivity index (χ1) is 18.4. The lowest BCUT2D eigenvalue weighted by atomic mass is 9.79. The lowest BCUT2D eigenvalue weighted by Gasteiger charge is -2.47. The van der Waals surface area contributed by atoms with Gasteiger partial charge in [0.1, 0.15) is 17.0 Å². The van der Waals surface area contributed by atoms with E-state index in [0.717, 1.165) is 61.3 Å². The van der Waals surface area contributed by atoms with Gasteiger partial charge in [-0.3, -0.25) is 4.98 Å². The van der Waals surface area contributed by atoms with E-state index in [1.165, 1.54) is 10.7 Å². The zero-order chi connectivity index (χ0) is 26.1. The monoisotopic (exact) mass is 529 g/mol. The molecule has 3 aromatic rings. The van der Waals surface area contributed by atoms with Crippen LogP contribution in [0.3, 0.4) is 0 Å². The van der Waals surface area contributed by atoms with Crippen LogP contribution in [-0.2, 0) is 10.0 Å². The van der Waals surface area contributed by atoms with E-state index < -0.39 is 10.0 Å². The summed E-state index contributed by atoms with van der Waals surface area (Å²) in [5.74, 6) is 2.02. The molecule has 2 fully saturated rings. The van der Waals surface area contributed by atoms with E-state index >= 15 is 0 Å². The standard InChI is InChI=1S/C29H31N5O3S/c1-33(2)38(35,36)22-18-21-23(19-10-5-3-6-11-19)24-27-31-16-17-34(27)29(13-7-4-8-14-29)32-28(24)37-26(21)25-20(22)12-9-15-30-25/h3,5-6,9-12,15,18,23,31H,4,7-8,13-14,16-17H2,1-2H3. The second kappa shape index (κ2) is 8.54. The predicted octanol–water partition coefficient (Wildman–Crippen LogP) is 4.20. The SMILES string of the molecule is CN(C)S(=O)(=O)c1cc2c(c3ncccc13)OC1=NC3(CCCCC3)N3CCNC3=C1C2c1ccccc1. The van der Waals surface area contributed by atoms with Crippen molar-refractivity contribution in [1.82, 2.24) is 19.5 Å². The molecule has 1 aliphatic carbocycles. The Bertz CT molecular complexity index is 1610. The van der Waals surface area contributed by atoms with E-state index in [4.69, 9.17) is 9.73 Å². The van der Waals surface area contributed by atoms with Gasteiger partial charge in [0.05, 0.1) is 10.5 Å². The summed E-state index contributed by atoms with van der Waals surface area (Å²) in [5.41, 5.74) is 3.06. The Morgan fingerprint density at radius 3 is 2.63 bits per heavy atom. The fourth-order valence-corrected chi connectivity index (χ4v) is 7.69. The van der Waals surface area contributed by atoms with Crippen LogP contribution in [0.5, 0.6) is 5.75 Å². The topological polar surface area (TPSA) is 87.1 Å². The molecule has 1 spiro atoms. The predicted molar refractivity (Wildman–Crippen MR) is 147 cm³/mol. The Kier molecular flexibility index (Phi) is 5.32. The molecule has 0 radical (unpaired) electrons. The number of hydrogen-bond donors (Lipinski definition) is 1. The third-order valence-electron chi connectivity index (χ3n) is 8.38. The van der Waals surface area contributed by atoms with Crippen molar-refractivity contribution in [3.63, 3.8) is 0 Å². The van der Waals surface area contributed by atoms with Crippen LogP contribution in [0.25, 0.3) is 10.9 Å². The molecular formula is C29H31N5O3S. The maximum Gasteiger partial charge on any atom is 0.243 e. The molecule has 196 valence electrons. The third kappa shape index (κ3) is 3.34. The van der Waals surface area contributed by atoms with Crippen molar-refractivity contribution in [3.8, 4) is 5.75 Å². The largest absolute Gasteiger partial charge is 0.436 e. The van der Waals surface area contributed by atoms with Gasteiger partial charge in [0.25, 0.3) is 0 Å². The number of fused-ring (bicyclic) bond motifs is 6. The number of hydrogen-bond acceptors (Lipinski definition) is 7. The average molecular weight is 530 g/mol. The number of ether oxygens (including phenoxy) is 1. The molecule has 1 N–H and O–H groups in total. The van der Waals surface area contributed by atoms with Gasteiger partial charge in [-0.05, 0) is 49.4 Å². The van der Waals surface area contributed by atoms with Gasteiger partial charge in [-0.25, -0.2) is 17.7 Å². The number of rotatable bonds is 3. The number of pyridine rings is 1. The molecule has 1 unspecified atom stereocenters. The van der Waals surface area contributed by atoms with E-state index in [2.05, 4.69) is 27.3 Å². The molecule has 0 bridgehead atoms. The summed E-state index contributed by atoms with van der Waals surface area (Å²) < 4.78 is 35.1. The molecule has 4 heterocycles. The fourth-order valence-electron chi connectivity index (χ4n) is 6.58. The summed E-state index contributed by atoms with van der Waals surface area (Å²) in [6, 6.07) is 15.6. The summed E-state index contributed by atoms with van der Waals surface area (Å²) in [7, 11) is -0.630. The number of nitrogens with zero attached hydrogens (tertiary/aromatic N) is 4. The second-order valence-electron chi connectivity index (χ2n) is 10.7. The third-order valence-corrected chi connectivity index (χ3v) is 10.2. The highest BCUT2D eigenvalue weighted by Crippen LogP contribution is 2.52. The van der Waals surface area contributed by atoms with Gasteiger partial charge in [0, 0.05) is 50.2 Å². The maximum atomic E-state index is 13.5. The van der Waals surface area contributed by atoms with Gasteiger partial charge in [0.2, 0.25) is 15.9 Å². The average Bonchev–Trinajstić information content (AvgIpc) is 3.44. The van der Waals surface area contributed by atoms with Crippen molar-refractivity contribution in [1.29, 1.82) is 0 Å². The van der Waals surface area contributed by atoms with E-state index in [0.29, 0.717) is 22.6 Å². The van der Waals surface area contributed by atoms with Crippen LogP contribution in [0.2, 0.25) is 0 Å². The molecule has 2 aromatic carbocycles. The first-order valence-electron chi connectivity index (χ1n) is 13.3. The van der Waals surface area contributed by atoms with Gasteiger partial charge >= 0.3 is 0 Å². The van der Waals surface area contributed by atoms with Crippen LogP contribution in [-0.4, -0.2) is 61.4 Å². The number of benzene rings is 2. The molecule has 8 nitrogen and oxygen atoms in total. The van der Waals surface area contributed by atoms with Gasteiger partial charge < -0.3 is 15.0 Å². The Morgan fingerprint density at radius 2 is 1.87 bits per heavy atom. The van der Waals surface area contributed by atoms with Crippen molar-refractivity contribution in [2.24, 2.45) is 4.99 Å². The Morgan fingerprint density at radius 1 is 1.08 bits per heavy atom. The first-order valence-corrected chi connectivity index (χ1v) is 14.8. The molecule has 9 heteroatoms. The minimum Gasteiger partial charge on any atom is -0.436 e. The van der Waals surface area contributed by atoms with E-state index in [-0.39, 0.29) is 16.5 Å². The first kappa shape index (κ1) is 23.7. The highest BCUT2D eigenvalue weighted by molar-refractivity contribution is 7.89. The zero-order valence-corrected chi connectivity index (χ0v) is 22.5. The molecule has 1 saturated heterocycles.